The van der Waals surface area contributed by atoms with Crippen molar-refractivity contribution >= 4 is 35.0 Å². The molecule has 27 heavy (non-hydrogen) atoms. The molecule has 0 saturated carbocycles. The van der Waals surface area contributed by atoms with Crippen molar-refractivity contribution < 1.29 is 9.59 Å². The first kappa shape index (κ1) is 18.5. The van der Waals surface area contributed by atoms with Gasteiger partial charge in [-0.1, -0.05) is 25.1 Å². The second-order valence-corrected chi connectivity index (χ2v) is 9.09. The van der Waals surface area contributed by atoms with Crippen LogP contribution >= 0.6 is 23.1 Å². The van der Waals surface area contributed by atoms with Crippen LogP contribution in [0.1, 0.15) is 30.2 Å². The molecule has 144 valence electrons. The quantitative estimate of drug-likeness (QED) is 0.774. The van der Waals surface area contributed by atoms with Gasteiger partial charge >= 0.3 is 6.03 Å². The molecule has 0 spiro atoms. The Morgan fingerprint density at radius 3 is 3.04 bits per heavy atom. The van der Waals surface area contributed by atoms with Crippen LogP contribution in [0.2, 0.25) is 0 Å². The Morgan fingerprint density at radius 2 is 2.30 bits per heavy atom. The molecule has 3 amide bonds. The SMILES string of the molecule is CC[C@@H]1CCc2sc(-c3nnc(SCC(=O)N4CCNC4=O)n3C)cc2C1. The molecule has 3 heterocycles. The van der Waals surface area contributed by atoms with Crippen molar-refractivity contribution in [2.45, 2.75) is 37.8 Å². The number of urea groups is 1. The first-order chi connectivity index (χ1) is 13.1. The van der Waals surface area contributed by atoms with E-state index >= 15 is 0 Å². The number of hydrogen-bond donors (Lipinski definition) is 1. The van der Waals surface area contributed by atoms with Crippen molar-refractivity contribution in [3.05, 3.63) is 16.5 Å². The van der Waals surface area contributed by atoms with Gasteiger partial charge in [0.25, 0.3) is 0 Å². The van der Waals surface area contributed by atoms with Crippen LogP contribution in [0.25, 0.3) is 10.7 Å². The van der Waals surface area contributed by atoms with Gasteiger partial charge in [0.1, 0.15) is 0 Å². The van der Waals surface area contributed by atoms with Crippen molar-refractivity contribution in [3.8, 4) is 10.7 Å². The Labute approximate surface area is 166 Å². The van der Waals surface area contributed by atoms with E-state index in [4.69, 9.17) is 0 Å². The monoisotopic (exact) mass is 405 g/mol. The van der Waals surface area contributed by atoms with Gasteiger partial charge < -0.3 is 9.88 Å². The number of nitrogens with one attached hydrogen (secondary N) is 1. The molecule has 1 fully saturated rings. The van der Waals surface area contributed by atoms with E-state index in [0.717, 1.165) is 29.5 Å². The summed E-state index contributed by atoms with van der Waals surface area (Å²) in [5.74, 6) is 1.62. The fourth-order valence-electron chi connectivity index (χ4n) is 3.63. The summed E-state index contributed by atoms with van der Waals surface area (Å²) in [5.41, 5.74) is 1.46. The number of amides is 3. The van der Waals surface area contributed by atoms with Crippen LogP contribution in [0.3, 0.4) is 0 Å². The first-order valence-electron chi connectivity index (χ1n) is 9.29. The summed E-state index contributed by atoms with van der Waals surface area (Å²) in [6, 6.07) is 1.95. The third kappa shape index (κ3) is 3.62. The lowest BCUT2D eigenvalue weighted by Gasteiger charge is -2.19. The van der Waals surface area contributed by atoms with Crippen molar-refractivity contribution in [1.82, 2.24) is 25.0 Å². The van der Waals surface area contributed by atoms with E-state index in [1.165, 1.54) is 39.9 Å². The molecule has 2 aliphatic rings. The lowest BCUT2D eigenvalue weighted by molar-refractivity contribution is -0.124. The lowest BCUT2D eigenvalue weighted by atomic mass is 9.87. The average Bonchev–Trinajstić information content (AvgIpc) is 3.37. The van der Waals surface area contributed by atoms with Crippen LogP contribution in [0.4, 0.5) is 4.79 Å². The van der Waals surface area contributed by atoms with E-state index in [2.05, 4.69) is 28.5 Å². The number of aromatic nitrogens is 3. The maximum Gasteiger partial charge on any atom is 0.324 e. The summed E-state index contributed by atoms with van der Waals surface area (Å²) < 4.78 is 1.94. The zero-order chi connectivity index (χ0) is 19.0. The van der Waals surface area contributed by atoms with E-state index in [1.807, 2.05) is 23.0 Å². The van der Waals surface area contributed by atoms with Gasteiger partial charge in [-0.05, 0) is 36.8 Å². The highest BCUT2D eigenvalue weighted by Crippen LogP contribution is 2.38. The minimum atomic E-state index is -0.311. The molecule has 1 aliphatic carbocycles. The Hall–Kier alpha value is -1.87. The number of rotatable bonds is 5. The largest absolute Gasteiger partial charge is 0.336 e. The summed E-state index contributed by atoms with van der Waals surface area (Å²) in [4.78, 5) is 27.6. The van der Waals surface area contributed by atoms with Gasteiger partial charge in [0.05, 0.1) is 10.6 Å². The van der Waals surface area contributed by atoms with Crippen molar-refractivity contribution in [2.24, 2.45) is 13.0 Å². The summed E-state index contributed by atoms with van der Waals surface area (Å²) >= 11 is 3.13. The molecule has 1 aliphatic heterocycles. The van der Waals surface area contributed by atoms with E-state index < -0.39 is 0 Å². The normalized spacial score (nSPS) is 19.3. The van der Waals surface area contributed by atoms with E-state index in [9.17, 15) is 9.59 Å². The molecule has 2 aromatic heterocycles. The summed E-state index contributed by atoms with van der Waals surface area (Å²) in [6.45, 7) is 3.22. The van der Waals surface area contributed by atoms with E-state index in [-0.39, 0.29) is 17.7 Å². The van der Waals surface area contributed by atoms with Gasteiger partial charge in [-0.2, -0.15) is 0 Å². The molecule has 1 N–H and O–H groups in total. The van der Waals surface area contributed by atoms with E-state index in [1.54, 1.807) is 0 Å². The molecule has 7 nitrogen and oxygen atoms in total. The van der Waals surface area contributed by atoms with Crippen LogP contribution in [0.15, 0.2) is 11.2 Å². The highest BCUT2D eigenvalue weighted by atomic mass is 32.2. The minimum Gasteiger partial charge on any atom is -0.336 e. The predicted molar refractivity (Wildman–Crippen MR) is 106 cm³/mol. The van der Waals surface area contributed by atoms with Crippen LogP contribution < -0.4 is 5.32 Å². The molecule has 2 aromatic rings. The predicted octanol–water partition coefficient (Wildman–Crippen LogP) is 2.70. The molecule has 0 aromatic carbocycles. The molecular weight excluding hydrogens is 382 g/mol. The molecule has 1 saturated heterocycles. The number of nitrogens with zero attached hydrogens (tertiary/aromatic N) is 4. The Balaban J connectivity index is 1.46. The number of carbonyl (C=O) groups is 2. The number of hydrogen-bond acceptors (Lipinski definition) is 6. The standard InChI is InChI=1S/C18H23N5O2S2/c1-3-11-4-5-13-12(8-11)9-14(27-13)16-20-21-18(22(16)2)26-10-15(24)23-7-6-19-17(23)25/h9,11H,3-8,10H2,1-2H3,(H,19,25)/t11-/m1/s1. The van der Waals surface area contributed by atoms with Crippen molar-refractivity contribution in [2.75, 3.05) is 18.8 Å². The summed E-state index contributed by atoms with van der Waals surface area (Å²) in [7, 11) is 1.93. The second-order valence-electron chi connectivity index (χ2n) is 7.01. The van der Waals surface area contributed by atoms with Crippen LogP contribution in [-0.4, -0.2) is 50.4 Å². The van der Waals surface area contributed by atoms with E-state index in [0.29, 0.717) is 18.2 Å². The summed E-state index contributed by atoms with van der Waals surface area (Å²) in [5, 5.41) is 11.9. The molecule has 0 bridgehead atoms. The fraction of sp³-hybridized carbons (Fsp3) is 0.556. The molecule has 1 atom stereocenters. The van der Waals surface area contributed by atoms with Gasteiger partial charge in [-0.15, -0.1) is 21.5 Å². The van der Waals surface area contributed by atoms with Gasteiger partial charge in [-0.25, -0.2) is 4.79 Å². The Morgan fingerprint density at radius 1 is 1.44 bits per heavy atom. The molecule has 0 unspecified atom stereocenters. The Kier molecular flexibility index (Phi) is 5.23. The summed E-state index contributed by atoms with van der Waals surface area (Å²) in [6.07, 6.45) is 4.83. The molecule has 0 radical (unpaired) electrons. The number of thiophene rings is 1. The maximum atomic E-state index is 12.2. The zero-order valence-electron chi connectivity index (χ0n) is 15.5. The average molecular weight is 406 g/mol. The minimum absolute atomic E-state index is 0.179. The second kappa shape index (κ2) is 7.63. The number of imide groups is 1. The van der Waals surface area contributed by atoms with Crippen LogP contribution in [0, 0.1) is 5.92 Å². The fourth-order valence-corrected chi connectivity index (χ4v) is 5.64. The molecule has 4 rings (SSSR count). The van der Waals surface area contributed by atoms with Crippen molar-refractivity contribution in [1.29, 1.82) is 0 Å². The number of thioether (sulfide) groups is 1. The lowest BCUT2D eigenvalue weighted by Crippen LogP contribution is -2.35. The van der Waals surface area contributed by atoms with Gasteiger partial charge in [0.15, 0.2) is 11.0 Å². The molecule has 9 heteroatoms. The molecular formula is C18H23N5O2S2. The van der Waals surface area contributed by atoms with Gasteiger partial charge in [0, 0.05) is 25.0 Å². The highest BCUT2D eigenvalue weighted by molar-refractivity contribution is 7.99. The third-order valence-electron chi connectivity index (χ3n) is 5.30. The van der Waals surface area contributed by atoms with Gasteiger partial charge in [0.2, 0.25) is 5.91 Å². The highest BCUT2D eigenvalue weighted by Gasteiger charge is 2.27. The maximum absolute atomic E-state index is 12.2. The zero-order valence-corrected chi connectivity index (χ0v) is 17.2. The number of carbonyl (C=O) groups excluding carboxylic acids is 2. The van der Waals surface area contributed by atoms with Crippen LogP contribution in [0.5, 0.6) is 0 Å². The number of fused-ring (bicyclic) bond motifs is 1. The number of aryl methyl sites for hydroxylation is 1. The van der Waals surface area contributed by atoms with Crippen molar-refractivity contribution in [3.63, 3.8) is 0 Å². The van der Waals surface area contributed by atoms with Gasteiger partial charge in [-0.3, -0.25) is 9.69 Å². The Bertz CT molecular complexity index is 875. The first-order valence-corrected chi connectivity index (χ1v) is 11.1. The third-order valence-corrected chi connectivity index (χ3v) is 7.54. The van der Waals surface area contributed by atoms with Crippen LogP contribution in [-0.2, 0) is 24.7 Å². The topological polar surface area (TPSA) is 80.1 Å². The smallest absolute Gasteiger partial charge is 0.324 e.